The third-order valence-electron chi connectivity index (χ3n) is 6.42. The molecule has 10 heteroatoms. The number of nitrogens with one attached hydrogen (secondary N) is 1. The Kier molecular flexibility index (Phi) is 7.26. The van der Waals surface area contributed by atoms with Crippen LogP contribution in [0.3, 0.4) is 0 Å². The van der Waals surface area contributed by atoms with Crippen LogP contribution in [0, 0.1) is 11.8 Å². The van der Waals surface area contributed by atoms with Crippen LogP contribution < -0.4 is 15.2 Å². The summed E-state index contributed by atoms with van der Waals surface area (Å²) >= 11 is 0. The summed E-state index contributed by atoms with van der Waals surface area (Å²) in [5.41, 5.74) is 7.81. The predicted molar refractivity (Wildman–Crippen MR) is 137 cm³/mol. The zero-order valence-corrected chi connectivity index (χ0v) is 21.6. The van der Waals surface area contributed by atoms with Crippen molar-refractivity contribution >= 4 is 21.7 Å². The predicted octanol–water partition coefficient (Wildman–Crippen LogP) is 4.18. The summed E-state index contributed by atoms with van der Waals surface area (Å²) in [6, 6.07) is 9.41. The standard InChI is InChI=1S/C26H31N5O4S/c1-15(2)35-19-12-18(13-28-14-19)21-11-10-20(25(29-21)24-16(3)8-9-17(24)4)26(32)31-36(33,34)23-7-5-6-22(27)30-23/h5-7,10-17,24H,8-9H2,1-4H3,(H2,27,30)(H,31,32)/t16-,17+,24?. The largest absolute Gasteiger partial charge is 0.489 e. The van der Waals surface area contributed by atoms with E-state index in [0.29, 0.717) is 17.1 Å². The molecule has 3 aromatic rings. The molecule has 3 N–H and O–H groups in total. The number of carbonyl (C=O) groups excluding carboxylic acids is 1. The van der Waals surface area contributed by atoms with Gasteiger partial charge < -0.3 is 10.5 Å². The molecule has 0 saturated heterocycles. The smallest absolute Gasteiger partial charge is 0.281 e. The van der Waals surface area contributed by atoms with Crippen LogP contribution in [0.15, 0.2) is 53.8 Å². The topological polar surface area (TPSA) is 137 Å². The first-order chi connectivity index (χ1) is 17.0. The van der Waals surface area contributed by atoms with Crippen molar-refractivity contribution in [2.75, 3.05) is 5.73 Å². The van der Waals surface area contributed by atoms with E-state index in [9.17, 15) is 13.2 Å². The number of nitrogens with two attached hydrogens (primary N) is 1. The van der Waals surface area contributed by atoms with E-state index in [1.54, 1.807) is 24.5 Å². The van der Waals surface area contributed by atoms with Gasteiger partial charge in [-0.05, 0) is 68.9 Å². The van der Waals surface area contributed by atoms with Crippen molar-refractivity contribution in [2.24, 2.45) is 11.8 Å². The van der Waals surface area contributed by atoms with Crippen molar-refractivity contribution in [3.05, 3.63) is 60.0 Å². The molecule has 0 aliphatic heterocycles. The first kappa shape index (κ1) is 25.6. The number of rotatable bonds is 7. The number of ether oxygens (including phenoxy) is 1. The lowest BCUT2D eigenvalue weighted by atomic mass is 9.85. The second kappa shape index (κ2) is 10.2. The van der Waals surface area contributed by atoms with E-state index in [2.05, 4.69) is 28.5 Å². The van der Waals surface area contributed by atoms with Crippen molar-refractivity contribution in [1.29, 1.82) is 0 Å². The van der Waals surface area contributed by atoms with Crippen LogP contribution in [0.1, 0.15) is 62.5 Å². The molecule has 1 fully saturated rings. The molecule has 4 rings (SSSR count). The van der Waals surface area contributed by atoms with Gasteiger partial charge in [-0.15, -0.1) is 0 Å². The molecule has 3 atom stereocenters. The average Bonchev–Trinajstić information content (AvgIpc) is 3.16. The average molecular weight is 510 g/mol. The van der Waals surface area contributed by atoms with Gasteiger partial charge in [-0.3, -0.25) is 14.8 Å². The zero-order valence-electron chi connectivity index (χ0n) is 20.8. The summed E-state index contributed by atoms with van der Waals surface area (Å²) in [7, 11) is -4.22. The number of amides is 1. The fraction of sp³-hybridized carbons (Fsp3) is 0.385. The number of nitrogen functional groups attached to an aromatic ring is 1. The number of hydrogen-bond acceptors (Lipinski definition) is 8. The highest BCUT2D eigenvalue weighted by molar-refractivity contribution is 7.90. The number of nitrogens with zero attached hydrogens (tertiary/aromatic N) is 3. The Bertz CT molecular complexity index is 1370. The molecule has 0 radical (unpaired) electrons. The van der Waals surface area contributed by atoms with E-state index in [1.807, 2.05) is 19.9 Å². The monoisotopic (exact) mass is 509 g/mol. The molecule has 0 spiro atoms. The maximum atomic E-state index is 13.3. The Morgan fingerprint density at radius 3 is 2.47 bits per heavy atom. The molecule has 0 bridgehead atoms. The summed E-state index contributed by atoms with van der Waals surface area (Å²) in [6.45, 7) is 8.14. The number of sulfonamides is 1. The minimum absolute atomic E-state index is 0.00181. The van der Waals surface area contributed by atoms with Crippen LogP contribution in [0.25, 0.3) is 11.3 Å². The lowest BCUT2D eigenvalue weighted by Crippen LogP contribution is -2.33. The Hall–Kier alpha value is -3.53. The molecule has 0 aromatic carbocycles. The molecule has 1 saturated carbocycles. The molecule has 3 aromatic heterocycles. The first-order valence-corrected chi connectivity index (χ1v) is 13.5. The third kappa shape index (κ3) is 5.48. The Morgan fingerprint density at radius 2 is 1.81 bits per heavy atom. The maximum absolute atomic E-state index is 13.3. The normalized spacial score (nSPS) is 19.9. The Morgan fingerprint density at radius 1 is 1.08 bits per heavy atom. The molecule has 1 aliphatic rings. The van der Waals surface area contributed by atoms with Gasteiger partial charge in [-0.25, -0.2) is 9.71 Å². The lowest BCUT2D eigenvalue weighted by molar-refractivity contribution is 0.0979. The SMILES string of the molecule is CC(C)Oc1cncc(-c2ccc(C(=O)NS(=O)(=O)c3cccc(N)n3)c(C3[C@H](C)CC[C@@H]3C)n2)c1. The second-order valence-corrected chi connectivity index (χ2v) is 11.2. The lowest BCUT2D eigenvalue weighted by Gasteiger charge is -2.23. The summed E-state index contributed by atoms with van der Waals surface area (Å²) in [5, 5.41) is -0.322. The fourth-order valence-electron chi connectivity index (χ4n) is 4.77. The van der Waals surface area contributed by atoms with E-state index < -0.39 is 15.9 Å². The minimum Gasteiger partial charge on any atom is -0.489 e. The summed E-state index contributed by atoms with van der Waals surface area (Å²) in [4.78, 5) is 26.3. The number of pyridine rings is 3. The molecule has 3 heterocycles. The number of hydrogen-bond donors (Lipinski definition) is 2. The van der Waals surface area contributed by atoms with E-state index in [0.717, 1.165) is 18.4 Å². The molecular formula is C26H31N5O4S. The van der Waals surface area contributed by atoms with E-state index in [-0.39, 0.29) is 40.3 Å². The van der Waals surface area contributed by atoms with Crippen LogP contribution in [0.2, 0.25) is 0 Å². The molecule has 1 unspecified atom stereocenters. The molecule has 1 aliphatic carbocycles. The number of aromatic nitrogens is 3. The van der Waals surface area contributed by atoms with Crippen LogP contribution >= 0.6 is 0 Å². The Balaban J connectivity index is 1.74. The van der Waals surface area contributed by atoms with Crippen molar-refractivity contribution in [3.8, 4) is 17.0 Å². The molecule has 190 valence electrons. The summed E-state index contributed by atoms with van der Waals surface area (Å²) in [5.74, 6) is 0.487. The van der Waals surface area contributed by atoms with Gasteiger partial charge in [0.05, 0.1) is 29.3 Å². The van der Waals surface area contributed by atoms with Crippen molar-refractivity contribution in [2.45, 2.75) is 57.6 Å². The van der Waals surface area contributed by atoms with Gasteiger partial charge in [0, 0.05) is 17.7 Å². The van der Waals surface area contributed by atoms with E-state index in [4.69, 9.17) is 15.5 Å². The van der Waals surface area contributed by atoms with Crippen LogP contribution in [-0.4, -0.2) is 35.4 Å². The highest BCUT2D eigenvalue weighted by Gasteiger charge is 2.36. The van der Waals surface area contributed by atoms with Crippen LogP contribution in [-0.2, 0) is 10.0 Å². The van der Waals surface area contributed by atoms with Gasteiger partial charge >= 0.3 is 0 Å². The third-order valence-corrected chi connectivity index (χ3v) is 7.65. The second-order valence-electron chi connectivity index (χ2n) is 9.60. The minimum atomic E-state index is -4.22. The van der Waals surface area contributed by atoms with Gasteiger partial charge in [-0.2, -0.15) is 8.42 Å². The maximum Gasteiger partial charge on any atom is 0.281 e. The van der Waals surface area contributed by atoms with E-state index in [1.165, 1.54) is 18.2 Å². The van der Waals surface area contributed by atoms with Crippen molar-refractivity contribution in [1.82, 2.24) is 19.7 Å². The van der Waals surface area contributed by atoms with Crippen LogP contribution in [0.4, 0.5) is 5.82 Å². The summed E-state index contributed by atoms with van der Waals surface area (Å²) in [6.07, 6.45) is 5.33. The quantitative estimate of drug-likeness (QED) is 0.484. The Labute approximate surface area is 211 Å². The van der Waals surface area contributed by atoms with Gasteiger partial charge in [0.15, 0.2) is 5.03 Å². The van der Waals surface area contributed by atoms with Gasteiger partial charge in [0.25, 0.3) is 15.9 Å². The highest BCUT2D eigenvalue weighted by Crippen LogP contribution is 2.44. The first-order valence-electron chi connectivity index (χ1n) is 12.0. The zero-order chi connectivity index (χ0) is 26.0. The molecular weight excluding hydrogens is 478 g/mol. The highest BCUT2D eigenvalue weighted by atomic mass is 32.2. The van der Waals surface area contributed by atoms with Gasteiger partial charge in [-0.1, -0.05) is 19.9 Å². The van der Waals surface area contributed by atoms with Crippen molar-refractivity contribution in [3.63, 3.8) is 0 Å². The number of carbonyl (C=O) groups is 1. The van der Waals surface area contributed by atoms with Gasteiger partial charge in [0.2, 0.25) is 0 Å². The van der Waals surface area contributed by atoms with Crippen molar-refractivity contribution < 1.29 is 17.9 Å². The molecule has 9 nitrogen and oxygen atoms in total. The van der Waals surface area contributed by atoms with Crippen LogP contribution in [0.5, 0.6) is 5.75 Å². The number of anilines is 1. The fourth-order valence-corrected chi connectivity index (χ4v) is 5.71. The van der Waals surface area contributed by atoms with Gasteiger partial charge in [0.1, 0.15) is 11.6 Å². The summed E-state index contributed by atoms with van der Waals surface area (Å²) < 4.78 is 33.6. The molecule has 36 heavy (non-hydrogen) atoms. The molecule has 1 amide bonds. The van der Waals surface area contributed by atoms with E-state index >= 15 is 0 Å².